The number of benzene rings is 1. The predicted molar refractivity (Wildman–Crippen MR) is 96.9 cm³/mol. The molecule has 0 spiro atoms. The molecule has 0 saturated carbocycles. The summed E-state index contributed by atoms with van der Waals surface area (Å²) in [4.78, 5) is 1.04. The van der Waals surface area contributed by atoms with E-state index in [0.717, 1.165) is 24.6 Å². The Kier molecular flexibility index (Phi) is 4.18. The lowest BCUT2D eigenvalue weighted by Crippen LogP contribution is -2.00. The zero-order valence-corrected chi connectivity index (χ0v) is 16.1. The molecule has 0 fully saturated rings. The number of nitrogens with zero attached hydrogens (tertiary/aromatic N) is 2. The molecule has 0 aliphatic carbocycles. The van der Waals surface area contributed by atoms with Crippen LogP contribution in [-0.4, -0.2) is 14.8 Å². The Labute approximate surface area is 148 Å². The Morgan fingerprint density at radius 3 is 2.71 bits per heavy atom. The molecule has 0 atom stereocenters. The number of aromatic amines is 1. The number of rotatable bonds is 2. The number of hydrogen-bond acceptors (Lipinski definition) is 3. The number of halogens is 2. The van der Waals surface area contributed by atoms with Crippen LogP contribution in [0, 0.1) is 18.6 Å². The van der Waals surface area contributed by atoms with E-state index in [4.69, 9.17) is 12.2 Å². The Morgan fingerprint density at radius 1 is 1.29 bits per heavy atom. The number of nitrogens with one attached hydrogen (secondary N) is 1. The average molecular weight is 445 g/mol. The van der Waals surface area contributed by atoms with E-state index < -0.39 is 0 Å². The molecule has 21 heavy (non-hydrogen) atoms. The van der Waals surface area contributed by atoms with Crippen LogP contribution >= 0.6 is 55.4 Å². The molecular formula is C14H11Br2N3S2. The summed E-state index contributed by atoms with van der Waals surface area (Å²) in [6, 6.07) is 8.24. The molecule has 2 aromatic heterocycles. The largest absolute Gasteiger partial charge is 0.267 e. The Hall–Kier alpha value is -0.760. The van der Waals surface area contributed by atoms with Gasteiger partial charge in [0.05, 0.1) is 14.4 Å². The molecular weight excluding hydrogens is 434 g/mol. The molecule has 108 valence electrons. The highest BCUT2D eigenvalue weighted by Crippen LogP contribution is 2.38. The van der Waals surface area contributed by atoms with E-state index in [1.165, 1.54) is 11.1 Å². The van der Waals surface area contributed by atoms with E-state index in [-0.39, 0.29) is 0 Å². The lowest BCUT2D eigenvalue weighted by atomic mass is 10.1. The zero-order chi connectivity index (χ0) is 15.1. The second-order valence-electron chi connectivity index (χ2n) is 4.64. The van der Waals surface area contributed by atoms with Gasteiger partial charge in [-0.15, -0.1) is 11.3 Å². The second-order valence-corrected chi connectivity index (χ2v) is 8.25. The van der Waals surface area contributed by atoms with Crippen molar-refractivity contribution in [1.29, 1.82) is 0 Å². The fraction of sp³-hybridized carbons (Fsp3) is 0.143. The number of H-pyrrole nitrogens is 1. The topological polar surface area (TPSA) is 33.6 Å². The molecule has 1 aromatic carbocycles. The molecule has 3 rings (SSSR count). The maximum absolute atomic E-state index is 5.42. The minimum Gasteiger partial charge on any atom is -0.267 e. The summed E-state index contributed by atoms with van der Waals surface area (Å²) in [7, 11) is 0. The van der Waals surface area contributed by atoms with Crippen LogP contribution in [0.4, 0.5) is 0 Å². The van der Waals surface area contributed by atoms with Gasteiger partial charge >= 0.3 is 0 Å². The van der Waals surface area contributed by atoms with E-state index >= 15 is 0 Å². The number of thiophene rings is 1. The first-order valence-electron chi connectivity index (χ1n) is 6.18. The standard InChI is InChI=1S/C14H11Br2N3S2/c1-7-4-3-5-10(8(7)2)19-13(17-18-14(19)20)11-6-9(15)12(16)21-11/h3-6H,1-2H3,(H,18,20). The molecule has 0 saturated heterocycles. The molecule has 0 bridgehead atoms. The third-order valence-electron chi connectivity index (χ3n) is 3.35. The quantitative estimate of drug-likeness (QED) is 0.506. The molecule has 3 aromatic rings. The minimum atomic E-state index is 0.597. The van der Waals surface area contributed by atoms with E-state index in [0.29, 0.717) is 4.77 Å². The first-order chi connectivity index (χ1) is 9.99. The van der Waals surface area contributed by atoms with E-state index in [1.54, 1.807) is 11.3 Å². The molecule has 2 heterocycles. The van der Waals surface area contributed by atoms with Crippen LogP contribution in [0.15, 0.2) is 32.5 Å². The van der Waals surface area contributed by atoms with Crippen LogP contribution in [0.1, 0.15) is 11.1 Å². The molecule has 0 aliphatic rings. The van der Waals surface area contributed by atoms with Gasteiger partial charge in [-0.25, -0.2) is 0 Å². The maximum Gasteiger partial charge on any atom is 0.200 e. The first-order valence-corrected chi connectivity index (χ1v) is 8.99. The SMILES string of the molecule is Cc1cccc(-n2c(-c3cc(Br)c(Br)s3)n[nH]c2=S)c1C. The van der Waals surface area contributed by atoms with Crippen LogP contribution in [0.3, 0.4) is 0 Å². The smallest absolute Gasteiger partial charge is 0.200 e. The molecule has 1 N–H and O–H groups in total. The summed E-state index contributed by atoms with van der Waals surface area (Å²) < 4.78 is 4.64. The van der Waals surface area contributed by atoms with Crippen molar-refractivity contribution in [3.05, 3.63) is 48.4 Å². The van der Waals surface area contributed by atoms with Crippen molar-refractivity contribution >= 4 is 55.4 Å². The number of aryl methyl sites for hydroxylation is 1. The van der Waals surface area contributed by atoms with Crippen LogP contribution < -0.4 is 0 Å². The molecule has 7 heteroatoms. The van der Waals surface area contributed by atoms with Crippen molar-refractivity contribution < 1.29 is 0 Å². The third-order valence-corrected chi connectivity index (χ3v) is 6.88. The Morgan fingerprint density at radius 2 is 2.05 bits per heavy atom. The van der Waals surface area contributed by atoms with Gasteiger partial charge in [0, 0.05) is 4.47 Å². The van der Waals surface area contributed by atoms with Gasteiger partial charge in [-0.05, 0) is 81.2 Å². The van der Waals surface area contributed by atoms with Gasteiger partial charge < -0.3 is 0 Å². The van der Waals surface area contributed by atoms with Gasteiger partial charge in [0.1, 0.15) is 0 Å². The van der Waals surface area contributed by atoms with Crippen LogP contribution in [-0.2, 0) is 0 Å². The number of aromatic nitrogens is 3. The van der Waals surface area contributed by atoms with Crippen molar-refractivity contribution in [3.63, 3.8) is 0 Å². The van der Waals surface area contributed by atoms with Crippen molar-refractivity contribution in [3.8, 4) is 16.4 Å². The van der Waals surface area contributed by atoms with Crippen LogP contribution in [0.25, 0.3) is 16.4 Å². The second kappa shape index (κ2) is 5.79. The molecule has 0 aliphatic heterocycles. The minimum absolute atomic E-state index is 0.597. The van der Waals surface area contributed by atoms with E-state index in [2.05, 4.69) is 68.0 Å². The normalized spacial score (nSPS) is 11.0. The molecule has 0 amide bonds. The van der Waals surface area contributed by atoms with Crippen molar-refractivity contribution in [2.75, 3.05) is 0 Å². The van der Waals surface area contributed by atoms with E-state index in [9.17, 15) is 0 Å². The summed E-state index contributed by atoms with van der Waals surface area (Å²) in [6.45, 7) is 4.20. The molecule has 3 nitrogen and oxygen atoms in total. The third kappa shape index (κ3) is 2.67. The van der Waals surface area contributed by atoms with Crippen LogP contribution in [0.2, 0.25) is 0 Å². The summed E-state index contributed by atoms with van der Waals surface area (Å²) in [6.07, 6.45) is 0. The molecule has 0 unspecified atom stereocenters. The predicted octanol–water partition coefficient (Wildman–Crippen LogP) is 5.80. The Balaban J connectivity index is 2.27. The summed E-state index contributed by atoms with van der Waals surface area (Å²) in [5.41, 5.74) is 3.49. The van der Waals surface area contributed by atoms with Crippen molar-refractivity contribution in [2.24, 2.45) is 0 Å². The lowest BCUT2D eigenvalue weighted by Gasteiger charge is -2.11. The summed E-state index contributed by atoms with van der Waals surface area (Å²) in [5.74, 6) is 0.824. The van der Waals surface area contributed by atoms with Gasteiger partial charge in [0.25, 0.3) is 0 Å². The Bertz CT molecular complexity index is 857. The highest BCUT2D eigenvalue weighted by molar-refractivity contribution is 9.13. The van der Waals surface area contributed by atoms with Crippen molar-refractivity contribution in [2.45, 2.75) is 13.8 Å². The van der Waals surface area contributed by atoms with Crippen LogP contribution in [0.5, 0.6) is 0 Å². The maximum atomic E-state index is 5.42. The summed E-state index contributed by atoms with van der Waals surface area (Å²) >= 11 is 14.1. The van der Waals surface area contributed by atoms with Gasteiger partial charge in [0.2, 0.25) is 0 Å². The monoisotopic (exact) mass is 443 g/mol. The average Bonchev–Trinajstić information content (AvgIpc) is 2.97. The number of hydrogen-bond donors (Lipinski definition) is 1. The molecule has 0 radical (unpaired) electrons. The van der Waals surface area contributed by atoms with Gasteiger partial charge in [-0.3, -0.25) is 9.67 Å². The van der Waals surface area contributed by atoms with Gasteiger partial charge in [-0.2, -0.15) is 5.10 Å². The fourth-order valence-electron chi connectivity index (χ4n) is 2.12. The van der Waals surface area contributed by atoms with Crippen molar-refractivity contribution in [1.82, 2.24) is 14.8 Å². The first kappa shape index (κ1) is 15.1. The highest BCUT2D eigenvalue weighted by atomic mass is 79.9. The summed E-state index contributed by atoms with van der Waals surface area (Å²) in [5, 5.41) is 7.30. The van der Waals surface area contributed by atoms with E-state index in [1.807, 2.05) is 16.7 Å². The lowest BCUT2D eigenvalue weighted by molar-refractivity contribution is 1.02. The fourth-order valence-corrected chi connectivity index (χ4v) is 4.37. The highest BCUT2D eigenvalue weighted by Gasteiger charge is 2.16. The van der Waals surface area contributed by atoms with Gasteiger partial charge in [0.15, 0.2) is 10.6 Å². The van der Waals surface area contributed by atoms with Gasteiger partial charge in [-0.1, -0.05) is 12.1 Å². The zero-order valence-electron chi connectivity index (χ0n) is 11.3.